The van der Waals surface area contributed by atoms with Crippen LogP contribution in [-0.4, -0.2) is 21.5 Å². The van der Waals surface area contributed by atoms with Crippen molar-refractivity contribution in [3.05, 3.63) is 17.4 Å². The van der Waals surface area contributed by atoms with E-state index in [0.29, 0.717) is 0 Å². The normalized spacial score (nSPS) is 11.4. The predicted octanol–water partition coefficient (Wildman–Crippen LogP) is 1.03. The van der Waals surface area contributed by atoms with Gasteiger partial charge in [0.2, 0.25) is 5.76 Å². The highest BCUT2D eigenvalue weighted by Gasteiger charge is 2.23. The van der Waals surface area contributed by atoms with E-state index in [1.165, 1.54) is 6.92 Å². The number of halogens is 1. The van der Waals surface area contributed by atoms with Crippen molar-refractivity contribution < 1.29 is 26.3 Å². The molecule has 0 amide bonds. The maximum absolute atomic E-state index is 12.4. The van der Waals surface area contributed by atoms with Crippen molar-refractivity contribution in [2.45, 2.75) is 12.0 Å². The molecule has 1 aromatic rings. The zero-order chi connectivity index (χ0) is 10.9. The van der Waals surface area contributed by atoms with E-state index in [1.54, 1.807) is 0 Å². The lowest BCUT2D eigenvalue weighted by molar-refractivity contribution is 0.0557. The molecule has 0 atom stereocenters. The molecule has 14 heavy (non-hydrogen) atoms. The number of hydrogen-bond acceptors (Lipinski definition) is 5. The van der Waals surface area contributed by atoms with Crippen LogP contribution in [0.25, 0.3) is 0 Å². The Hall–Kier alpha value is -1.37. The van der Waals surface area contributed by atoms with Crippen molar-refractivity contribution in [2.75, 3.05) is 7.11 Å². The third kappa shape index (κ3) is 1.92. The lowest BCUT2D eigenvalue weighted by Crippen LogP contribution is -2.00. The van der Waals surface area contributed by atoms with Gasteiger partial charge in [0.25, 0.3) is 5.09 Å². The summed E-state index contributed by atoms with van der Waals surface area (Å²) in [4.78, 5) is 10.9. The number of carbonyl (C=O) groups excluding carboxylic acids is 1. The number of ether oxygens (including phenoxy) is 1. The standard InChI is InChI=1S/C7H7FO5S/c1-4-3-5(14(8,10)11)13-6(4)7(9)12-2/h3H,1-2H3. The number of hydrogen-bond donors (Lipinski definition) is 0. The van der Waals surface area contributed by atoms with Gasteiger partial charge in [-0.2, -0.15) is 8.42 Å². The average Bonchev–Trinajstić information content (AvgIpc) is 2.45. The van der Waals surface area contributed by atoms with Gasteiger partial charge < -0.3 is 9.15 Å². The van der Waals surface area contributed by atoms with Crippen molar-refractivity contribution in [3.8, 4) is 0 Å². The summed E-state index contributed by atoms with van der Waals surface area (Å²) in [5.41, 5.74) is 0.202. The fourth-order valence-corrected chi connectivity index (χ4v) is 1.37. The van der Waals surface area contributed by atoms with Crippen LogP contribution in [0.1, 0.15) is 16.1 Å². The number of carbonyl (C=O) groups is 1. The van der Waals surface area contributed by atoms with Crippen LogP contribution >= 0.6 is 0 Å². The molecule has 0 bridgehead atoms. The fraction of sp³-hybridized carbons (Fsp3) is 0.286. The number of furan rings is 1. The maximum Gasteiger partial charge on any atom is 0.374 e. The Morgan fingerprint density at radius 1 is 1.57 bits per heavy atom. The Bertz CT molecular complexity index is 458. The minimum atomic E-state index is -4.92. The third-order valence-electron chi connectivity index (χ3n) is 1.51. The van der Waals surface area contributed by atoms with Gasteiger partial charge in [-0.3, -0.25) is 0 Å². The quantitative estimate of drug-likeness (QED) is 0.552. The smallest absolute Gasteiger partial charge is 0.374 e. The van der Waals surface area contributed by atoms with E-state index in [-0.39, 0.29) is 11.3 Å². The van der Waals surface area contributed by atoms with E-state index in [2.05, 4.69) is 9.15 Å². The molecule has 1 rings (SSSR count). The lowest BCUT2D eigenvalue weighted by Gasteiger charge is -1.93. The maximum atomic E-state index is 12.4. The Morgan fingerprint density at radius 3 is 2.50 bits per heavy atom. The van der Waals surface area contributed by atoms with Crippen LogP contribution in [0.2, 0.25) is 0 Å². The largest absolute Gasteiger partial charge is 0.463 e. The Balaban J connectivity index is 3.25. The van der Waals surface area contributed by atoms with E-state index in [4.69, 9.17) is 0 Å². The van der Waals surface area contributed by atoms with Gasteiger partial charge in [0, 0.05) is 11.6 Å². The molecule has 5 nitrogen and oxygen atoms in total. The zero-order valence-corrected chi connectivity index (χ0v) is 8.22. The van der Waals surface area contributed by atoms with E-state index >= 15 is 0 Å². The van der Waals surface area contributed by atoms with Gasteiger partial charge in [0.1, 0.15) is 0 Å². The van der Waals surface area contributed by atoms with Crippen molar-refractivity contribution in [1.29, 1.82) is 0 Å². The number of rotatable bonds is 2. The van der Waals surface area contributed by atoms with Crippen LogP contribution in [0.15, 0.2) is 15.6 Å². The van der Waals surface area contributed by atoms with Crippen LogP contribution in [0.5, 0.6) is 0 Å². The zero-order valence-electron chi connectivity index (χ0n) is 7.40. The van der Waals surface area contributed by atoms with Crippen LogP contribution in [0.4, 0.5) is 3.89 Å². The van der Waals surface area contributed by atoms with Crippen molar-refractivity contribution in [2.24, 2.45) is 0 Å². The van der Waals surface area contributed by atoms with E-state index in [1.807, 2.05) is 0 Å². The molecule has 0 aliphatic rings. The van der Waals surface area contributed by atoms with Crippen molar-refractivity contribution >= 4 is 16.2 Å². The SMILES string of the molecule is COC(=O)c1oc(S(=O)(=O)F)cc1C. The van der Waals surface area contributed by atoms with Gasteiger partial charge >= 0.3 is 16.2 Å². The van der Waals surface area contributed by atoms with Crippen LogP contribution < -0.4 is 0 Å². The van der Waals surface area contributed by atoms with Gasteiger partial charge in [-0.1, -0.05) is 3.89 Å². The first-order chi connectivity index (χ1) is 6.36. The van der Waals surface area contributed by atoms with E-state index < -0.39 is 21.3 Å². The molecule has 0 radical (unpaired) electrons. The second kappa shape index (κ2) is 3.41. The number of methoxy groups -OCH3 is 1. The molecule has 78 valence electrons. The number of esters is 1. The lowest BCUT2D eigenvalue weighted by atomic mass is 10.3. The highest BCUT2D eigenvalue weighted by atomic mass is 32.3. The minimum Gasteiger partial charge on any atom is -0.463 e. The molecule has 0 aliphatic heterocycles. The second-order valence-electron chi connectivity index (χ2n) is 2.51. The number of aryl methyl sites for hydroxylation is 1. The van der Waals surface area contributed by atoms with Gasteiger partial charge in [0.15, 0.2) is 0 Å². The summed E-state index contributed by atoms with van der Waals surface area (Å²) in [5, 5.41) is -0.893. The molecular formula is C7H7FO5S. The van der Waals surface area contributed by atoms with Crippen LogP contribution in [-0.2, 0) is 15.0 Å². The summed E-state index contributed by atoms with van der Waals surface area (Å²) in [6, 6.07) is 0.918. The molecule has 0 aromatic carbocycles. The average molecular weight is 222 g/mol. The van der Waals surface area contributed by atoms with Gasteiger partial charge in [0.05, 0.1) is 7.11 Å². The summed E-state index contributed by atoms with van der Waals surface area (Å²) in [6.07, 6.45) is 0. The predicted molar refractivity (Wildman–Crippen MR) is 43.1 cm³/mol. The Morgan fingerprint density at radius 2 is 2.14 bits per heavy atom. The van der Waals surface area contributed by atoms with E-state index in [9.17, 15) is 17.1 Å². The molecule has 1 aromatic heterocycles. The first-order valence-electron chi connectivity index (χ1n) is 3.49. The first kappa shape index (κ1) is 10.7. The third-order valence-corrected chi connectivity index (χ3v) is 2.19. The molecule has 1 heterocycles. The van der Waals surface area contributed by atoms with E-state index in [0.717, 1.165) is 13.2 Å². The van der Waals surface area contributed by atoms with Crippen LogP contribution in [0, 0.1) is 6.92 Å². The highest BCUT2D eigenvalue weighted by Crippen LogP contribution is 2.21. The Labute approximate surface area is 79.7 Å². The summed E-state index contributed by atoms with van der Waals surface area (Å²) in [5.74, 6) is -1.17. The molecule has 0 spiro atoms. The molecule has 0 saturated heterocycles. The highest BCUT2D eigenvalue weighted by molar-refractivity contribution is 7.86. The second-order valence-corrected chi connectivity index (χ2v) is 3.79. The molecule has 0 fully saturated rings. The minimum absolute atomic E-state index is 0.202. The summed E-state index contributed by atoms with van der Waals surface area (Å²) >= 11 is 0. The van der Waals surface area contributed by atoms with Crippen LogP contribution in [0.3, 0.4) is 0 Å². The van der Waals surface area contributed by atoms with Crippen molar-refractivity contribution in [3.63, 3.8) is 0 Å². The summed E-state index contributed by atoms with van der Waals surface area (Å²) < 4.78 is 42.0. The summed E-state index contributed by atoms with van der Waals surface area (Å²) in [7, 11) is -3.82. The summed E-state index contributed by atoms with van der Waals surface area (Å²) in [6.45, 7) is 1.41. The first-order valence-corrected chi connectivity index (χ1v) is 4.88. The molecular weight excluding hydrogens is 215 g/mol. The molecule has 7 heteroatoms. The molecule has 0 N–H and O–H groups in total. The van der Waals surface area contributed by atoms with Crippen molar-refractivity contribution in [1.82, 2.24) is 0 Å². The van der Waals surface area contributed by atoms with Gasteiger partial charge in [-0.15, -0.1) is 0 Å². The monoisotopic (exact) mass is 222 g/mol. The Kier molecular flexibility index (Phi) is 2.61. The van der Waals surface area contributed by atoms with Gasteiger partial charge in [-0.25, -0.2) is 4.79 Å². The molecule has 0 aliphatic carbocycles. The van der Waals surface area contributed by atoms with Gasteiger partial charge in [-0.05, 0) is 6.92 Å². The fourth-order valence-electron chi connectivity index (χ4n) is 0.868. The molecule has 0 saturated carbocycles. The topological polar surface area (TPSA) is 73.6 Å². The molecule has 0 unspecified atom stereocenters.